The second-order valence-corrected chi connectivity index (χ2v) is 7.35. The molecule has 8 nitrogen and oxygen atoms in total. The lowest BCUT2D eigenvalue weighted by atomic mass is 9.92. The summed E-state index contributed by atoms with van der Waals surface area (Å²) in [4.78, 5) is 20.5. The van der Waals surface area contributed by atoms with Gasteiger partial charge in [0.05, 0.1) is 17.4 Å². The van der Waals surface area contributed by atoms with E-state index in [9.17, 15) is 9.90 Å². The first-order valence-corrected chi connectivity index (χ1v) is 9.56. The zero-order valence-corrected chi connectivity index (χ0v) is 15.6. The third-order valence-corrected chi connectivity index (χ3v) is 5.59. The van der Waals surface area contributed by atoms with Gasteiger partial charge < -0.3 is 16.2 Å². The SMILES string of the molecule is Nc1cc(C2CCC(C(=O)O)NC2)nc2c(-c3cccc4ncccc34)cnn12. The molecule has 5 rings (SSSR count). The molecule has 4 aromatic rings. The number of benzene rings is 1. The molecule has 1 fully saturated rings. The maximum absolute atomic E-state index is 11.2. The van der Waals surface area contributed by atoms with E-state index in [2.05, 4.69) is 15.4 Å². The normalized spacial score (nSPS) is 19.6. The molecule has 0 radical (unpaired) electrons. The second kappa shape index (κ2) is 6.82. The van der Waals surface area contributed by atoms with Crippen LogP contribution in [0.15, 0.2) is 48.8 Å². The number of piperidine rings is 1. The monoisotopic (exact) mass is 388 g/mol. The van der Waals surface area contributed by atoms with Gasteiger partial charge in [-0.15, -0.1) is 0 Å². The molecule has 4 heterocycles. The topological polar surface area (TPSA) is 118 Å². The fraction of sp³-hybridized carbons (Fsp3) is 0.238. The zero-order chi connectivity index (χ0) is 20.0. The van der Waals surface area contributed by atoms with Gasteiger partial charge in [-0.2, -0.15) is 9.61 Å². The lowest BCUT2D eigenvalue weighted by Crippen LogP contribution is -2.43. The number of hydrogen-bond donors (Lipinski definition) is 3. The van der Waals surface area contributed by atoms with Gasteiger partial charge >= 0.3 is 5.97 Å². The van der Waals surface area contributed by atoms with Crippen molar-refractivity contribution in [2.45, 2.75) is 24.8 Å². The Morgan fingerprint density at radius 3 is 2.90 bits per heavy atom. The van der Waals surface area contributed by atoms with Gasteiger partial charge in [0.15, 0.2) is 5.65 Å². The van der Waals surface area contributed by atoms with Gasteiger partial charge in [0.25, 0.3) is 0 Å². The highest BCUT2D eigenvalue weighted by molar-refractivity contribution is 5.97. The second-order valence-electron chi connectivity index (χ2n) is 7.35. The largest absolute Gasteiger partial charge is 0.480 e. The van der Waals surface area contributed by atoms with Crippen LogP contribution in [0.2, 0.25) is 0 Å². The van der Waals surface area contributed by atoms with Crippen LogP contribution in [-0.2, 0) is 4.79 Å². The van der Waals surface area contributed by atoms with E-state index in [-0.39, 0.29) is 5.92 Å². The highest BCUT2D eigenvalue weighted by Gasteiger charge is 2.27. The minimum Gasteiger partial charge on any atom is -0.480 e. The lowest BCUT2D eigenvalue weighted by Gasteiger charge is -2.27. The predicted octanol–water partition coefficient (Wildman–Crippen LogP) is 2.45. The Morgan fingerprint density at radius 2 is 2.10 bits per heavy atom. The van der Waals surface area contributed by atoms with Gasteiger partial charge in [-0.25, -0.2) is 4.98 Å². The number of rotatable bonds is 3. The molecule has 2 atom stereocenters. The first-order chi connectivity index (χ1) is 14.1. The number of carboxylic acid groups (broad SMARTS) is 1. The molecule has 0 amide bonds. The van der Waals surface area contributed by atoms with E-state index in [1.165, 1.54) is 0 Å². The average molecular weight is 388 g/mol. The van der Waals surface area contributed by atoms with E-state index >= 15 is 0 Å². The standard InChI is InChI=1S/C21H20N6O2/c22-19-9-18(12-6-7-17(21(28)29)24-10-12)26-20-15(11-25-27(19)20)13-3-1-5-16-14(13)4-2-8-23-16/h1-5,8-9,11-12,17,24H,6-7,10,22H2,(H,28,29). The number of aromatic nitrogens is 4. The van der Waals surface area contributed by atoms with E-state index in [0.29, 0.717) is 24.4 Å². The molecule has 8 heteroatoms. The summed E-state index contributed by atoms with van der Waals surface area (Å²) in [6, 6.07) is 11.3. The number of nitrogen functional groups attached to an aromatic ring is 1. The van der Waals surface area contributed by atoms with Crippen LogP contribution < -0.4 is 11.1 Å². The van der Waals surface area contributed by atoms with Crippen LogP contribution in [0, 0.1) is 0 Å². The van der Waals surface area contributed by atoms with Gasteiger partial charge in [0.2, 0.25) is 0 Å². The first kappa shape index (κ1) is 17.6. The number of nitrogens with one attached hydrogen (secondary N) is 1. The van der Waals surface area contributed by atoms with Crippen molar-refractivity contribution in [2.75, 3.05) is 12.3 Å². The highest BCUT2D eigenvalue weighted by Crippen LogP contribution is 2.32. The lowest BCUT2D eigenvalue weighted by molar-refractivity contribution is -0.140. The molecule has 3 aromatic heterocycles. The van der Waals surface area contributed by atoms with Crippen molar-refractivity contribution in [3.63, 3.8) is 0 Å². The van der Waals surface area contributed by atoms with Crippen LogP contribution in [0.4, 0.5) is 5.82 Å². The van der Waals surface area contributed by atoms with Crippen molar-refractivity contribution in [1.29, 1.82) is 0 Å². The van der Waals surface area contributed by atoms with Gasteiger partial charge in [-0.3, -0.25) is 9.78 Å². The van der Waals surface area contributed by atoms with Crippen molar-refractivity contribution in [3.8, 4) is 11.1 Å². The zero-order valence-electron chi connectivity index (χ0n) is 15.6. The molecule has 0 aliphatic carbocycles. The Labute approximate surface area is 166 Å². The van der Waals surface area contributed by atoms with Crippen LogP contribution in [-0.4, -0.2) is 43.2 Å². The smallest absolute Gasteiger partial charge is 0.320 e. The molecule has 4 N–H and O–H groups in total. The van der Waals surface area contributed by atoms with Crippen molar-refractivity contribution < 1.29 is 9.90 Å². The van der Waals surface area contributed by atoms with E-state index in [1.54, 1.807) is 16.9 Å². The van der Waals surface area contributed by atoms with Crippen molar-refractivity contribution >= 4 is 28.3 Å². The highest BCUT2D eigenvalue weighted by atomic mass is 16.4. The van der Waals surface area contributed by atoms with E-state index in [1.807, 2.05) is 36.4 Å². The Morgan fingerprint density at radius 1 is 1.21 bits per heavy atom. The third-order valence-electron chi connectivity index (χ3n) is 5.59. The number of aliphatic carboxylic acids is 1. The molecular formula is C21H20N6O2. The first-order valence-electron chi connectivity index (χ1n) is 9.56. The minimum atomic E-state index is -0.811. The maximum Gasteiger partial charge on any atom is 0.320 e. The van der Waals surface area contributed by atoms with E-state index < -0.39 is 12.0 Å². The van der Waals surface area contributed by atoms with Crippen molar-refractivity contribution in [2.24, 2.45) is 0 Å². The van der Waals surface area contributed by atoms with E-state index in [4.69, 9.17) is 10.7 Å². The number of anilines is 1. The summed E-state index contributed by atoms with van der Waals surface area (Å²) in [5.41, 5.74) is 10.6. The summed E-state index contributed by atoms with van der Waals surface area (Å²) in [5, 5.41) is 17.7. The van der Waals surface area contributed by atoms with Crippen molar-refractivity contribution in [1.82, 2.24) is 24.9 Å². The maximum atomic E-state index is 11.2. The third kappa shape index (κ3) is 2.98. The molecule has 146 valence electrons. The van der Waals surface area contributed by atoms with Crippen LogP contribution in [0.25, 0.3) is 27.7 Å². The number of nitrogens with two attached hydrogens (primary N) is 1. The van der Waals surface area contributed by atoms with Gasteiger partial charge in [-0.05, 0) is 30.5 Å². The van der Waals surface area contributed by atoms with Crippen LogP contribution in [0.3, 0.4) is 0 Å². The predicted molar refractivity (Wildman–Crippen MR) is 110 cm³/mol. The molecule has 29 heavy (non-hydrogen) atoms. The summed E-state index contributed by atoms with van der Waals surface area (Å²) < 4.78 is 1.64. The van der Waals surface area contributed by atoms with Crippen molar-refractivity contribution in [3.05, 3.63) is 54.5 Å². The van der Waals surface area contributed by atoms with Gasteiger partial charge in [0, 0.05) is 35.7 Å². The molecule has 1 aliphatic rings. The molecular weight excluding hydrogens is 368 g/mol. The molecule has 1 saturated heterocycles. The Balaban J connectivity index is 1.59. The van der Waals surface area contributed by atoms with Gasteiger partial charge in [-0.1, -0.05) is 18.2 Å². The Bertz CT molecular complexity index is 1220. The van der Waals surface area contributed by atoms with Crippen LogP contribution in [0.5, 0.6) is 0 Å². The Hall–Kier alpha value is -3.52. The summed E-state index contributed by atoms with van der Waals surface area (Å²) in [7, 11) is 0. The number of pyridine rings is 1. The molecule has 0 bridgehead atoms. The number of hydrogen-bond acceptors (Lipinski definition) is 6. The number of nitrogens with zero attached hydrogens (tertiary/aromatic N) is 4. The number of carboxylic acids is 1. The molecule has 1 aromatic carbocycles. The Kier molecular flexibility index (Phi) is 4.13. The number of carbonyl (C=O) groups is 1. The van der Waals surface area contributed by atoms with Crippen LogP contribution >= 0.6 is 0 Å². The quantitative estimate of drug-likeness (QED) is 0.493. The summed E-state index contributed by atoms with van der Waals surface area (Å²) in [6.07, 6.45) is 4.86. The summed E-state index contributed by atoms with van der Waals surface area (Å²) >= 11 is 0. The fourth-order valence-electron chi connectivity index (χ4n) is 4.06. The van der Waals surface area contributed by atoms with E-state index in [0.717, 1.165) is 34.1 Å². The average Bonchev–Trinajstić information content (AvgIpc) is 3.18. The molecule has 0 saturated carbocycles. The molecule has 1 aliphatic heterocycles. The van der Waals surface area contributed by atoms with Crippen LogP contribution in [0.1, 0.15) is 24.5 Å². The minimum absolute atomic E-state index is 0.106. The number of fused-ring (bicyclic) bond motifs is 2. The molecule has 2 unspecified atom stereocenters. The van der Waals surface area contributed by atoms with Gasteiger partial charge in [0.1, 0.15) is 11.9 Å². The summed E-state index contributed by atoms with van der Waals surface area (Å²) in [6.45, 7) is 0.557. The summed E-state index contributed by atoms with van der Waals surface area (Å²) in [5.74, 6) is -0.196. The molecule has 0 spiro atoms. The fourth-order valence-corrected chi connectivity index (χ4v) is 4.06.